The van der Waals surface area contributed by atoms with E-state index in [0.717, 1.165) is 27.8 Å². The van der Waals surface area contributed by atoms with E-state index in [4.69, 9.17) is 15.0 Å². The highest BCUT2D eigenvalue weighted by atomic mass is 32.1. The summed E-state index contributed by atoms with van der Waals surface area (Å²) in [6.07, 6.45) is 0. The Bertz CT molecular complexity index is 2730. The van der Waals surface area contributed by atoms with Gasteiger partial charge < -0.3 is 0 Å². The molecule has 3 heterocycles. The minimum atomic E-state index is 0.662. The Hall–Kier alpha value is -5.75. The Balaban J connectivity index is 1.27. The van der Waals surface area contributed by atoms with Crippen molar-refractivity contribution in [1.82, 2.24) is 15.0 Å². The van der Waals surface area contributed by atoms with Crippen LogP contribution in [0.25, 0.3) is 96.4 Å². The highest BCUT2D eigenvalue weighted by Crippen LogP contribution is 2.43. The van der Waals surface area contributed by atoms with E-state index >= 15 is 0 Å². The highest BCUT2D eigenvalue weighted by Gasteiger charge is 2.20. The third-order valence-corrected chi connectivity index (χ3v) is 11.6. The Labute approximate surface area is 284 Å². The Kier molecular flexibility index (Phi) is 6.22. The first-order valence-corrected chi connectivity index (χ1v) is 17.6. The van der Waals surface area contributed by atoms with Crippen LogP contribution in [-0.2, 0) is 0 Å². The van der Waals surface area contributed by atoms with Crippen LogP contribution in [0.15, 0.2) is 152 Å². The lowest BCUT2D eigenvalue weighted by molar-refractivity contribution is 1.08. The van der Waals surface area contributed by atoms with Crippen molar-refractivity contribution in [3.05, 3.63) is 152 Å². The molecule has 0 fully saturated rings. The molecule has 0 unspecified atom stereocenters. The minimum absolute atomic E-state index is 0.662. The van der Waals surface area contributed by atoms with Crippen LogP contribution in [0.3, 0.4) is 0 Å². The number of hydrogen-bond donors (Lipinski definition) is 0. The maximum absolute atomic E-state index is 5.30. The first-order chi connectivity index (χ1) is 23.8. The summed E-state index contributed by atoms with van der Waals surface area (Å²) in [5, 5.41) is 7.36. The third kappa shape index (κ3) is 4.29. The number of rotatable bonds is 4. The lowest BCUT2D eigenvalue weighted by Crippen LogP contribution is -2.01. The quantitative estimate of drug-likeness (QED) is 0.191. The van der Waals surface area contributed by atoms with Crippen molar-refractivity contribution < 1.29 is 0 Å². The average Bonchev–Trinajstić information content (AvgIpc) is 3.73. The zero-order chi connectivity index (χ0) is 31.6. The van der Waals surface area contributed by atoms with Crippen LogP contribution in [0.5, 0.6) is 0 Å². The van der Waals surface area contributed by atoms with Gasteiger partial charge in [0.2, 0.25) is 0 Å². The van der Waals surface area contributed by atoms with Gasteiger partial charge in [-0.05, 0) is 46.2 Å². The SMILES string of the molecule is c1ccc(-c2cccc3ccccc23)c(-c2nc(-c3cccc4c3sc3ccccc34)nc(-c3cccc4c3sc3ccccc34)n2)c1. The van der Waals surface area contributed by atoms with Gasteiger partial charge in [0.05, 0.1) is 0 Å². The molecule has 7 aromatic carbocycles. The van der Waals surface area contributed by atoms with E-state index < -0.39 is 0 Å². The van der Waals surface area contributed by atoms with Crippen molar-refractivity contribution in [2.24, 2.45) is 0 Å². The molecule has 0 amide bonds. The predicted octanol–water partition coefficient (Wildman–Crippen LogP) is 12.4. The van der Waals surface area contributed by atoms with Gasteiger partial charge in [-0.25, -0.2) is 15.0 Å². The molecule has 10 rings (SSSR count). The van der Waals surface area contributed by atoms with Crippen molar-refractivity contribution in [3.63, 3.8) is 0 Å². The lowest BCUT2D eigenvalue weighted by atomic mass is 9.94. The smallest absolute Gasteiger partial charge is 0.165 e. The second-order valence-corrected chi connectivity index (χ2v) is 14.0. The van der Waals surface area contributed by atoms with Gasteiger partial charge >= 0.3 is 0 Å². The van der Waals surface area contributed by atoms with Crippen molar-refractivity contribution in [2.75, 3.05) is 0 Å². The molecule has 224 valence electrons. The zero-order valence-electron chi connectivity index (χ0n) is 25.6. The maximum atomic E-state index is 5.30. The summed E-state index contributed by atoms with van der Waals surface area (Å²) in [5.74, 6) is 2.02. The average molecular weight is 648 g/mol. The maximum Gasteiger partial charge on any atom is 0.165 e. The van der Waals surface area contributed by atoms with Gasteiger partial charge in [-0.3, -0.25) is 0 Å². The monoisotopic (exact) mass is 647 g/mol. The Morgan fingerprint density at radius 3 is 1.31 bits per heavy atom. The first kappa shape index (κ1) is 27.4. The van der Waals surface area contributed by atoms with E-state index in [1.165, 1.54) is 51.1 Å². The number of benzene rings is 7. The molecule has 0 aliphatic carbocycles. The van der Waals surface area contributed by atoms with E-state index in [1.807, 2.05) is 0 Å². The summed E-state index contributed by atoms with van der Waals surface area (Å²) in [5.41, 5.74) is 5.27. The molecule has 0 radical (unpaired) electrons. The van der Waals surface area contributed by atoms with E-state index in [9.17, 15) is 0 Å². The topological polar surface area (TPSA) is 38.7 Å². The number of thiophene rings is 2. The number of nitrogens with zero attached hydrogens (tertiary/aromatic N) is 3. The summed E-state index contributed by atoms with van der Waals surface area (Å²) < 4.78 is 4.88. The molecule has 0 aliphatic heterocycles. The summed E-state index contributed by atoms with van der Waals surface area (Å²) in [7, 11) is 0. The van der Waals surface area contributed by atoms with Gasteiger partial charge in [-0.2, -0.15) is 0 Å². The van der Waals surface area contributed by atoms with Gasteiger partial charge in [-0.1, -0.05) is 127 Å². The molecular formula is C43H25N3S2. The Morgan fingerprint density at radius 1 is 0.292 bits per heavy atom. The third-order valence-electron chi connectivity index (χ3n) is 9.17. The fraction of sp³-hybridized carbons (Fsp3) is 0. The van der Waals surface area contributed by atoms with Gasteiger partial charge in [0.15, 0.2) is 17.5 Å². The van der Waals surface area contributed by atoms with Crippen molar-refractivity contribution >= 4 is 73.8 Å². The molecular weight excluding hydrogens is 623 g/mol. The number of aromatic nitrogens is 3. The van der Waals surface area contributed by atoms with Crippen LogP contribution < -0.4 is 0 Å². The number of fused-ring (bicyclic) bond motifs is 7. The van der Waals surface area contributed by atoms with E-state index in [0.29, 0.717) is 17.5 Å². The second kappa shape index (κ2) is 10.9. The normalized spacial score (nSPS) is 11.8. The van der Waals surface area contributed by atoms with Crippen LogP contribution in [-0.4, -0.2) is 15.0 Å². The van der Waals surface area contributed by atoms with Crippen molar-refractivity contribution in [2.45, 2.75) is 0 Å². The van der Waals surface area contributed by atoms with Crippen molar-refractivity contribution in [1.29, 1.82) is 0 Å². The summed E-state index contributed by atoms with van der Waals surface area (Å²) in [6.45, 7) is 0. The van der Waals surface area contributed by atoms with Crippen LogP contribution in [0.2, 0.25) is 0 Å². The minimum Gasteiger partial charge on any atom is -0.208 e. The fourth-order valence-corrected chi connectivity index (χ4v) is 9.38. The highest BCUT2D eigenvalue weighted by molar-refractivity contribution is 7.26. The zero-order valence-corrected chi connectivity index (χ0v) is 27.2. The predicted molar refractivity (Wildman–Crippen MR) is 205 cm³/mol. The number of hydrogen-bond acceptors (Lipinski definition) is 5. The molecule has 0 aliphatic rings. The standard InChI is InChI=1S/C43H25N3S2/c1-2-14-27-26(12-1)13-9-19-28(27)29-15-3-4-18-34(29)41-44-42(35-22-10-20-32-30-16-5-7-24-37(30)47-39(32)35)46-43(45-41)36-23-11-21-33-31-17-6-8-25-38(31)48-40(33)36/h1-25H. The fourth-order valence-electron chi connectivity index (χ4n) is 6.96. The largest absolute Gasteiger partial charge is 0.208 e. The molecule has 5 heteroatoms. The molecule has 0 atom stereocenters. The van der Waals surface area contributed by atoms with Gasteiger partial charge in [0.1, 0.15) is 0 Å². The first-order valence-electron chi connectivity index (χ1n) is 15.9. The van der Waals surface area contributed by atoms with Gasteiger partial charge in [0.25, 0.3) is 0 Å². The van der Waals surface area contributed by atoms with Crippen LogP contribution in [0.4, 0.5) is 0 Å². The molecule has 0 saturated heterocycles. The molecule has 3 nitrogen and oxygen atoms in total. The molecule has 0 spiro atoms. The summed E-state index contributed by atoms with van der Waals surface area (Å²) in [4.78, 5) is 15.9. The molecule has 0 N–H and O–H groups in total. The van der Waals surface area contributed by atoms with E-state index in [-0.39, 0.29) is 0 Å². The molecule has 3 aromatic heterocycles. The van der Waals surface area contributed by atoms with E-state index in [1.54, 1.807) is 22.7 Å². The summed E-state index contributed by atoms with van der Waals surface area (Å²) in [6, 6.07) is 53.7. The lowest BCUT2D eigenvalue weighted by Gasteiger charge is -2.14. The van der Waals surface area contributed by atoms with Crippen LogP contribution >= 0.6 is 22.7 Å². The Morgan fingerprint density at radius 2 is 0.688 bits per heavy atom. The van der Waals surface area contributed by atoms with Crippen LogP contribution in [0.1, 0.15) is 0 Å². The van der Waals surface area contributed by atoms with Gasteiger partial charge in [-0.15, -0.1) is 22.7 Å². The van der Waals surface area contributed by atoms with Crippen LogP contribution in [0, 0.1) is 0 Å². The van der Waals surface area contributed by atoms with Gasteiger partial charge in [0, 0.05) is 57.0 Å². The molecule has 48 heavy (non-hydrogen) atoms. The second-order valence-electron chi connectivity index (χ2n) is 11.9. The van der Waals surface area contributed by atoms with Crippen molar-refractivity contribution in [3.8, 4) is 45.3 Å². The summed E-state index contributed by atoms with van der Waals surface area (Å²) >= 11 is 3.59. The molecule has 0 saturated carbocycles. The molecule has 0 bridgehead atoms. The molecule has 10 aromatic rings. The van der Waals surface area contributed by atoms with E-state index in [2.05, 4.69) is 152 Å².